The zero-order valence-electron chi connectivity index (χ0n) is 17.8. The van der Waals surface area contributed by atoms with Crippen LogP contribution in [-0.2, 0) is 11.2 Å². The van der Waals surface area contributed by atoms with Gasteiger partial charge in [0.15, 0.2) is 0 Å². The van der Waals surface area contributed by atoms with E-state index in [2.05, 4.69) is 55.0 Å². The summed E-state index contributed by atoms with van der Waals surface area (Å²) in [6.07, 6.45) is 4.16. The minimum atomic E-state index is 0. The molecule has 2 nitrogen and oxygen atoms in total. The van der Waals surface area contributed by atoms with Gasteiger partial charge in [-0.05, 0) is 24.2 Å². The zero-order valence-corrected chi connectivity index (χ0v) is 20.9. The fraction of sp³-hybridized carbons (Fsp3) is 0.348. The Morgan fingerprint density at radius 3 is 1.92 bits per heavy atom. The van der Waals surface area contributed by atoms with Crippen LogP contribution < -0.4 is 56.1 Å². The molecule has 0 bridgehead atoms. The number of ether oxygens (including phenoxy) is 2. The standard InChI is InChI=1S/C11H11O.C8H10.C2H6O.C2H6.K/c1-8-7-9(2)12-11-6-4-3-5-10(8)11;1-2-8-6-4-3-5-7-8;1-3-2;1-2;/h3-7H,1-2H3;3-7H,2H2,1H3;1-2H3;1-2H3;/q-1;;;;+1. The van der Waals surface area contributed by atoms with Crippen LogP contribution in [0.25, 0.3) is 5.57 Å². The smallest absolute Gasteiger partial charge is 0.551 e. The minimum absolute atomic E-state index is 0. The second kappa shape index (κ2) is 17.8. The fourth-order valence-corrected chi connectivity index (χ4v) is 2.18. The minimum Gasteiger partial charge on any atom is -0.551 e. The van der Waals surface area contributed by atoms with E-state index in [1.165, 1.54) is 16.7 Å². The van der Waals surface area contributed by atoms with Crippen molar-refractivity contribution < 1.29 is 60.9 Å². The van der Waals surface area contributed by atoms with Crippen molar-refractivity contribution in [2.75, 3.05) is 14.2 Å². The molecular weight excluding hydrogens is 347 g/mol. The molecule has 0 N–H and O–H groups in total. The van der Waals surface area contributed by atoms with Crippen molar-refractivity contribution in [2.24, 2.45) is 0 Å². The molecule has 1 aliphatic heterocycles. The van der Waals surface area contributed by atoms with E-state index in [0.29, 0.717) is 0 Å². The van der Waals surface area contributed by atoms with Gasteiger partial charge in [0.1, 0.15) is 0 Å². The van der Waals surface area contributed by atoms with Crippen molar-refractivity contribution in [1.29, 1.82) is 0 Å². The first-order valence-corrected chi connectivity index (χ1v) is 8.85. The van der Waals surface area contributed by atoms with Crippen LogP contribution in [0.1, 0.15) is 45.7 Å². The van der Waals surface area contributed by atoms with Crippen molar-refractivity contribution in [1.82, 2.24) is 0 Å². The Hall–Kier alpha value is -0.554. The van der Waals surface area contributed by atoms with Gasteiger partial charge in [0.25, 0.3) is 0 Å². The Balaban J connectivity index is 0. The predicted octanol–water partition coefficient (Wildman–Crippen LogP) is 3.58. The molecule has 2 aromatic carbocycles. The van der Waals surface area contributed by atoms with Crippen LogP contribution in [0.5, 0.6) is 5.75 Å². The molecule has 0 fully saturated rings. The average Bonchev–Trinajstić information content (AvgIpc) is 2.65. The SMILES string of the molecule is CC.CC1=C[C-](C)Oc2ccccc21.CCc1ccccc1.COC.[K+]. The summed E-state index contributed by atoms with van der Waals surface area (Å²) in [4.78, 5) is 0. The number of rotatable bonds is 1. The van der Waals surface area contributed by atoms with Crippen LogP contribution in [0.2, 0.25) is 0 Å². The Kier molecular flexibility index (Phi) is 19.0. The monoisotopic (exact) mass is 380 g/mol. The Labute approximate surface area is 203 Å². The van der Waals surface area contributed by atoms with Crippen molar-refractivity contribution in [3.8, 4) is 5.75 Å². The van der Waals surface area contributed by atoms with E-state index in [9.17, 15) is 0 Å². The molecule has 0 aromatic heterocycles. The van der Waals surface area contributed by atoms with E-state index >= 15 is 0 Å². The molecule has 0 saturated carbocycles. The van der Waals surface area contributed by atoms with Crippen LogP contribution in [0, 0.1) is 6.10 Å². The van der Waals surface area contributed by atoms with Gasteiger partial charge in [-0.1, -0.05) is 81.8 Å². The van der Waals surface area contributed by atoms with E-state index in [0.717, 1.165) is 18.3 Å². The Morgan fingerprint density at radius 2 is 1.42 bits per heavy atom. The maximum Gasteiger partial charge on any atom is 1.00 e. The molecule has 3 heteroatoms. The van der Waals surface area contributed by atoms with Gasteiger partial charge in [0.05, 0.1) is 5.75 Å². The largest absolute Gasteiger partial charge is 1.00 e. The number of fused-ring (bicyclic) bond motifs is 1. The Bertz CT molecular complexity index is 594. The third-order valence-corrected chi connectivity index (χ3v) is 3.25. The number of methoxy groups -OCH3 is 1. The Morgan fingerprint density at radius 1 is 0.923 bits per heavy atom. The molecular formula is C23H33KO2. The van der Waals surface area contributed by atoms with E-state index < -0.39 is 0 Å². The number of para-hydroxylation sites is 1. The number of aryl methyl sites for hydroxylation is 1. The summed E-state index contributed by atoms with van der Waals surface area (Å²) in [5.74, 6) is 0.968. The van der Waals surface area contributed by atoms with E-state index in [1.54, 1.807) is 14.2 Å². The van der Waals surface area contributed by atoms with Gasteiger partial charge in [-0.15, -0.1) is 6.92 Å². The third kappa shape index (κ3) is 11.2. The second-order valence-corrected chi connectivity index (χ2v) is 5.28. The van der Waals surface area contributed by atoms with Crippen LogP contribution in [0.4, 0.5) is 0 Å². The molecule has 0 aliphatic carbocycles. The van der Waals surface area contributed by atoms with Gasteiger partial charge in [-0.3, -0.25) is 0 Å². The van der Waals surface area contributed by atoms with Gasteiger partial charge in [0, 0.05) is 14.2 Å². The van der Waals surface area contributed by atoms with Gasteiger partial charge in [-0.25, -0.2) is 0 Å². The summed E-state index contributed by atoms with van der Waals surface area (Å²) < 4.78 is 9.79. The summed E-state index contributed by atoms with van der Waals surface area (Å²) in [5, 5.41) is 0. The molecule has 0 spiro atoms. The molecule has 138 valence electrons. The van der Waals surface area contributed by atoms with Crippen molar-refractivity contribution in [2.45, 2.75) is 41.0 Å². The van der Waals surface area contributed by atoms with Crippen molar-refractivity contribution in [3.63, 3.8) is 0 Å². The summed E-state index contributed by atoms with van der Waals surface area (Å²) in [5.41, 5.74) is 3.88. The number of benzene rings is 2. The molecule has 0 saturated heterocycles. The van der Waals surface area contributed by atoms with E-state index in [1.807, 2.05) is 45.0 Å². The molecule has 0 unspecified atom stereocenters. The molecule has 1 aliphatic rings. The van der Waals surface area contributed by atoms with E-state index in [-0.39, 0.29) is 51.4 Å². The van der Waals surface area contributed by atoms with Crippen LogP contribution in [-0.4, -0.2) is 14.2 Å². The first-order valence-electron chi connectivity index (χ1n) is 8.85. The molecule has 0 radical (unpaired) electrons. The van der Waals surface area contributed by atoms with Gasteiger partial charge in [-0.2, -0.15) is 11.6 Å². The van der Waals surface area contributed by atoms with Gasteiger partial charge >= 0.3 is 51.4 Å². The maximum atomic E-state index is 5.54. The molecule has 1 heterocycles. The fourth-order valence-electron chi connectivity index (χ4n) is 2.18. The normalized spacial score (nSPS) is 10.6. The van der Waals surface area contributed by atoms with E-state index in [4.69, 9.17) is 4.74 Å². The number of hydrogen-bond acceptors (Lipinski definition) is 2. The first-order chi connectivity index (χ1) is 12.1. The summed E-state index contributed by atoms with van der Waals surface area (Å²) in [6, 6.07) is 18.5. The van der Waals surface area contributed by atoms with Crippen LogP contribution >= 0.6 is 0 Å². The molecule has 3 rings (SSSR count). The average molecular weight is 381 g/mol. The third-order valence-electron chi connectivity index (χ3n) is 3.25. The maximum absolute atomic E-state index is 5.54. The molecule has 0 amide bonds. The summed E-state index contributed by atoms with van der Waals surface area (Å²) >= 11 is 0. The van der Waals surface area contributed by atoms with Gasteiger partial charge < -0.3 is 9.47 Å². The van der Waals surface area contributed by atoms with Crippen molar-refractivity contribution >= 4 is 5.57 Å². The van der Waals surface area contributed by atoms with Crippen LogP contribution in [0.3, 0.4) is 0 Å². The summed E-state index contributed by atoms with van der Waals surface area (Å²) in [7, 11) is 3.25. The molecule has 26 heavy (non-hydrogen) atoms. The van der Waals surface area contributed by atoms with Gasteiger partial charge in [0.2, 0.25) is 0 Å². The van der Waals surface area contributed by atoms with Crippen LogP contribution in [0.15, 0.2) is 60.7 Å². The first kappa shape index (κ1) is 27.7. The summed E-state index contributed by atoms with van der Waals surface area (Å²) in [6.45, 7) is 10.2. The molecule has 0 atom stereocenters. The topological polar surface area (TPSA) is 18.5 Å². The molecule has 2 aromatic rings. The zero-order chi connectivity index (χ0) is 19.1. The number of allylic oxidation sites excluding steroid dienone is 1. The van der Waals surface area contributed by atoms with Crippen molar-refractivity contribution in [3.05, 3.63) is 77.9 Å². The predicted molar refractivity (Wildman–Crippen MR) is 110 cm³/mol. The quantitative estimate of drug-likeness (QED) is 0.556. The number of hydrogen-bond donors (Lipinski definition) is 0. The second-order valence-electron chi connectivity index (χ2n) is 5.28.